The van der Waals surface area contributed by atoms with Gasteiger partial charge in [-0.05, 0) is 31.6 Å². The van der Waals surface area contributed by atoms with Crippen molar-refractivity contribution in [1.82, 2.24) is 9.97 Å². The average molecular weight is 262 g/mol. The van der Waals surface area contributed by atoms with Crippen LogP contribution in [-0.2, 0) is 0 Å². The minimum absolute atomic E-state index is 0.356. The van der Waals surface area contributed by atoms with E-state index in [2.05, 4.69) is 48.3 Å². The molecule has 4 heteroatoms. The molecule has 0 radical (unpaired) electrons. The summed E-state index contributed by atoms with van der Waals surface area (Å²) >= 11 is 0. The Bertz CT molecular complexity index is 428. The number of nitrogens with one attached hydrogen (secondary N) is 2. The van der Waals surface area contributed by atoms with Crippen molar-refractivity contribution < 1.29 is 0 Å². The molecule has 1 fully saturated rings. The Balaban J connectivity index is 2.12. The van der Waals surface area contributed by atoms with E-state index in [1.54, 1.807) is 6.33 Å². The fraction of sp³-hybridized carbons (Fsp3) is 0.733. The van der Waals surface area contributed by atoms with Crippen LogP contribution in [0.3, 0.4) is 0 Å². The van der Waals surface area contributed by atoms with E-state index in [0.717, 1.165) is 30.2 Å². The van der Waals surface area contributed by atoms with E-state index >= 15 is 0 Å². The maximum absolute atomic E-state index is 4.41. The third-order valence-electron chi connectivity index (χ3n) is 4.19. The maximum atomic E-state index is 4.41. The summed E-state index contributed by atoms with van der Waals surface area (Å²) in [7, 11) is 0. The summed E-state index contributed by atoms with van der Waals surface area (Å²) in [4.78, 5) is 8.74. The number of anilines is 2. The van der Waals surface area contributed by atoms with Gasteiger partial charge in [0.05, 0.1) is 0 Å². The molecule has 0 amide bonds. The summed E-state index contributed by atoms with van der Waals surface area (Å²) in [5.41, 5.74) is 1.48. The van der Waals surface area contributed by atoms with Gasteiger partial charge in [-0.25, -0.2) is 9.97 Å². The SMILES string of the molecule is CCCNc1ncnc(NC2CCCC2(C)C)c1C. The van der Waals surface area contributed by atoms with Gasteiger partial charge in [0, 0.05) is 18.2 Å². The second kappa shape index (κ2) is 5.76. The van der Waals surface area contributed by atoms with Gasteiger partial charge in [-0.2, -0.15) is 0 Å². The average Bonchev–Trinajstić information content (AvgIpc) is 2.70. The second-order valence-electron chi connectivity index (χ2n) is 6.20. The minimum atomic E-state index is 0.356. The highest BCUT2D eigenvalue weighted by molar-refractivity contribution is 5.57. The number of rotatable bonds is 5. The number of hydrogen-bond donors (Lipinski definition) is 2. The van der Waals surface area contributed by atoms with Crippen molar-refractivity contribution in [3.8, 4) is 0 Å². The van der Waals surface area contributed by atoms with E-state index in [0.29, 0.717) is 11.5 Å². The van der Waals surface area contributed by atoms with Gasteiger partial charge in [-0.3, -0.25) is 0 Å². The molecule has 2 rings (SSSR count). The molecule has 19 heavy (non-hydrogen) atoms. The largest absolute Gasteiger partial charge is 0.370 e. The van der Waals surface area contributed by atoms with Gasteiger partial charge in [0.25, 0.3) is 0 Å². The normalized spacial score (nSPS) is 21.4. The lowest BCUT2D eigenvalue weighted by atomic mass is 9.87. The second-order valence-corrected chi connectivity index (χ2v) is 6.20. The third-order valence-corrected chi connectivity index (χ3v) is 4.19. The highest BCUT2D eigenvalue weighted by atomic mass is 15.1. The van der Waals surface area contributed by atoms with Crippen molar-refractivity contribution in [1.29, 1.82) is 0 Å². The van der Waals surface area contributed by atoms with Crippen molar-refractivity contribution in [3.05, 3.63) is 11.9 Å². The quantitative estimate of drug-likeness (QED) is 0.851. The molecule has 0 aromatic carbocycles. The molecule has 1 aliphatic rings. The van der Waals surface area contributed by atoms with Crippen LogP contribution in [0.15, 0.2) is 6.33 Å². The van der Waals surface area contributed by atoms with Crippen LogP contribution in [0.5, 0.6) is 0 Å². The summed E-state index contributed by atoms with van der Waals surface area (Å²) in [6.07, 6.45) is 6.57. The molecule has 1 aromatic rings. The van der Waals surface area contributed by atoms with Gasteiger partial charge >= 0.3 is 0 Å². The first-order valence-corrected chi connectivity index (χ1v) is 7.36. The van der Waals surface area contributed by atoms with Gasteiger partial charge in [0.1, 0.15) is 18.0 Å². The first-order valence-electron chi connectivity index (χ1n) is 7.36. The molecule has 0 spiro atoms. The first-order chi connectivity index (χ1) is 9.04. The third kappa shape index (κ3) is 3.17. The Hall–Kier alpha value is -1.32. The molecule has 0 saturated heterocycles. The van der Waals surface area contributed by atoms with Gasteiger partial charge in [0.2, 0.25) is 0 Å². The van der Waals surface area contributed by atoms with Crippen molar-refractivity contribution in [2.45, 2.75) is 59.4 Å². The van der Waals surface area contributed by atoms with Crippen molar-refractivity contribution in [3.63, 3.8) is 0 Å². The van der Waals surface area contributed by atoms with E-state index in [9.17, 15) is 0 Å². The monoisotopic (exact) mass is 262 g/mol. The van der Waals surface area contributed by atoms with Crippen LogP contribution in [-0.4, -0.2) is 22.6 Å². The molecular formula is C15H26N4. The van der Waals surface area contributed by atoms with Gasteiger partial charge in [-0.1, -0.05) is 27.2 Å². The number of hydrogen-bond acceptors (Lipinski definition) is 4. The maximum Gasteiger partial charge on any atom is 0.134 e. The summed E-state index contributed by atoms with van der Waals surface area (Å²) in [6.45, 7) is 9.87. The molecule has 106 valence electrons. The van der Waals surface area contributed by atoms with Crippen LogP contribution >= 0.6 is 0 Å². The van der Waals surface area contributed by atoms with Gasteiger partial charge < -0.3 is 10.6 Å². The predicted molar refractivity (Wildman–Crippen MR) is 80.6 cm³/mol. The smallest absolute Gasteiger partial charge is 0.134 e. The molecule has 1 atom stereocenters. The van der Waals surface area contributed by atoms with Crippen molar-refractivity contribution >= 4 is 11.6 Å². The summed E-state index contributed by atoms with van der Waals surface area (Å²) in [6, 6.07) is 0.514. The number of nitrogens with zero attached hydrogens (tertiary/aromatic N) is 2. The Morgan fingerprint density at radius 3 is 2.68 bits per heavy atom. The lowest BCUT2D eigenvalue weighted by Crippen LogP contribution is -2.31. The molecule has 1 aliphatic carbocycles. The fourth-order valence-electron chi connectivity index (χ4n) is 2.78. The fourth-order valence-corrected chi connectivity index (χ4v) is 2.78. The molecule has 2 N–H and O–H groups in total. The van der Waals surface area contributed by atoms with Crippen LogP contribution in [0, 0.1) is 12.3 Å². The van der Waals surface area contributed by atoms with Crippen LogP contribution in [0.2, 0.25) is 0 Å². The first kappa shape index (κ1) is 14.1. The summed E-state index contributed by atoms with van der Waals surface area (Å²) in [5.74, 6) is 1.93. The standard InChI is InChI=1S/C15H26N4/c1-5-9-16-13-11(2)14(18-10-17-13)19-12-7-6-8-15(12,3)4/h10,12H,5-9H2,1-4H3,(H2,16,17,18,19). The Labute approximate surface area is 116 Å². The zero-order chi connectivity index (χ0) is 13.9. The predicted octanol–water partition coefficient (Wildman–Crippen LogP) is 3.60. The molecule has 1 unspecified atom stereocenters. The zero-order valence-corrected chi connectivity index (χ0v) is 12.6. The van der Waals surface area contributed by atoms with E-state index in [1.165, 1.54) is 19.3 Å². The van der Waals surface area contributed by atoms with E-state index in [1.807, 2.05) is 0 Å². The van der Waals surface area contributed by atoms with Crippen LogP contribution < -0.4 is 10.6 Å². The van der Waals surface area contributed by atoms with Gasteiger partial charge in [-0.15, -0.1) is 0 Å². The Kier molecular flexibility index (Phi) is 4.27. The molecule has 1 saturated carbocycles. The minimum Gasteiger partial charge on any atom is -0.370 e. The molecular weight excluding hydrogens is 236 g/mol. The van der Waals surface area contributed by atoms with Crippen LogP contribution in [0.25, 0.3) is 0 Å². The van der Waals surface area contributed by atoms with Crippen LogP contribution in [0.4, 0.5) is 11.6 Å². The molecule has 4 nitrogen and oxygen atoms in total. The topological polar surface area (TPSA) is 49.8 Å². The summed E-state index contributed by atoms with van der Waals surface area (Å²) < 4.78 is 0. The Morgan fingerprint density at radius 1 is 1.32 bits per heavy atom. The van der Waals surface area contributed by atoms with E-state index in [4.69, 9.17) is 0 Å². The molecule has 1 aromatic heterocycles. The van der Waals surface area contributed by atoms with Crippen molar-refractivity contribution in [2.24, 2.45) is 5.41 Å². The van der Waals surface area contributed by atoms with Crippen molar-refractivity contribution in [2.75, 3.05) is 17.2 Å². The summed E-state index contributed by atoms with van der Waals surface area (Å²) in [5, 5.41) is 6.98. The lowest BCUT2D eigenvalue weighted by molar-refractivity contribution is 0.349. The molecule has 0 bridgehead atoms. The zero-order valence-electron chi connectivity index (χ0n) is 12.6. The highest BCUT2D eigenvalue weighted by Crippen LogP contribution is 2.39. The van der Waals surface area contributed by atoms with E-state index < -0.39 is 0 Å². The molecule has 1 heterocycles. The highest BCUT2D eigenvalue weighted by Gasteiger charge is 2.34. The molecule has 0 aliphatic heterocycles. The number of aromatic nitrogens is 2. The van der Waals surface area contributed by atoms with Crippen LogP contribution in [0.1, 0.15) is 52.0 Å². The Morgan fingerprint density at radius 2 is 2.05 bits per heavy atom. The lowest BCUT2D eigenvalue weighted by Gasteiger charge is -2.29. The van der Waals surface area contributed by atoms with Gasteiger partial charge in [0.15, 0.2) is 0 Å². The van der Waals surface area contributed by atoms with E-state index in [-0.39, 0.29) is 0 Å².